The summed E-state index contributed by atoms with van der Waals surface area (Å²) in [6.07, 6.45) is 6.51. The lowest BCUT2D eigenvalue weighted by atomic mass is 9.99. The van der Waals surface area contributed by atoms with Crippen LogP contribution in [0.2, 0.25) is 5.02 Å². The summed E-state index contributed by atoms with van der Waals surface area (Å²) in [6.45, 7) is 4.98. The van der Waals surface area contributed by atoms with Gasteiger partial charge in [-0.3, -0.25) is 18.6 Å². The summed E-state index contributed by atoms with van der Waals surface area (Å²) in [5, 5.41) is 9.70. The van der Waals surface area contributed by atoms with Gasteiger partial charge in [0.25, 0.3) is 11.5 Å². The van der Waals surface area contributed by atoms with Crippen LogP contribution >= 0.6 is 11.6 Å². The normalized spacial score (nSPS) is 16.4. The number of carbonyl (C=O) groups is 1. The maximum Gasteiger partial charge on any atom is 0.295 e. The Morgan fingerprint density at radius 3 is 2.90 bits per heavy atom. The molecule has 1 amide bonds. The van der Waals surface area contributed by atoms with Crippen LogP contribution in [0.15, 0.2) is 54.1 Å². The molecule has 1 fully saturated rings. The molecule has 1 atom stereocenters. The van der Waals surface area contributed by atoms with Gasteiger partial charge in [0.15, 0.2) is 0 Å². The molecule has 4 rings (SSSR count). The van der Waals surface area contributed by atoms with E-state index < -0.39 is 0 Å². The number of carbonyl (C=O) groups excluding carboxylic acids is 1. The third kappa shape index (κ3) is 3.51. The minimum absolute atomic E-state index is 0.157. The lowest BCUT2D eigenvalue weighted by molar-refractivity contribution is 0.0693. The molecule has 152 valence electrons. The third-order valence-corrected chi connectivity index (χ3v) is 5.62. The molecule has 7 nitrogen and oxygen atoms in total. The van der Waals surface area contributed by atoms with Crippen molar-refractivity contribution < 1.29 is 4.79 Å². The van der Waals surface area contributed by atoms with E-state index in [0.717, 1.165) is 12.8 Å². The third-order valence-electron chi connectivity index (χ3n) is 5.29. The van der Waals surface area contributed by atoms with Gasteiger partial charge in [-0.1, -0.05) is 35.9 Å². The number of nitriles is 1. The number of likely N-dealkylation sites (tertiary alicyclic amines) is 1. The molecule has 3 heterocycles. The summed E-state index contributed by atoms with van der Waals surface area (Å²) in [5.74, 6) is -0.441. The van der Waals surface area contributed by atoms with Crippen molar-refractivity contribution in [2.24, 2.45) is 5.92 Å². The predicted octanol–water partition coefficient (Wildman–Crippen LogP) is 3.38. The Kier molecular flexibility index (Phi) is 5.42. The van der Waals surface area contributed by atoms with Gasteiger partial charge in [-0.15, -0.1) is 6.58 Å². The van der Waals surface area contributed by atoms with Gasteiger partial charge in [-0.05, 0) is 18.9 Å². The van der Waals surface area contributed by atoms with E-state index in [9.17, 15) is 14.9 Å². The van der Waals surface area contributed by atoms with Crippen LogP contribution in [0.4, 0.5) is 0 Å². The summed E-state index contributed by atoms with van der Waals surface area (Å²) in [4.78, 5) is 32.1. The number of fused-ring (bicyclic) bond motifs is 1. The Labute approximate surface area is 178 Å². The standard InChI is InChI=1S/C22H20ClN5O2/c1-2-9-28-19(16-7-3-4-8-17(16)23)14-27-13-18(25-20(27)22(28)30)21(29)26-10-5-6-15(11-24)12-26/h2-4,7-8,13-15H,1,5-6,9-10,12H2. The van der Waals surface area contributed by atoms with E-state index in [1.807, 2.05) is 18.2 Å². The first-order valence-electron chi connectivity index (χ1n) is 9.70. The second-order valence-electron chi connectivity index (χ2n) is 7.28. The highest BCUT2D eigenvalue weighted by Gasteiger charge is 2.26. The first-order chi connectivity index (χ1) is 14.5. The maximum atomic E-state index is 13.2. The molecule has 0 spiro atoms. The van der Waals surface area contributed by atoms with Crippen molar-refractivity contribution >= 4 is 23.2 Å². The number of imidazole rings is 1. The molecule has 1 aromatic carbocycles. The average molecular weight is 422 g/mol. The molecule has 2 aromatic heterocycles. The summed E-state index contributed by atoms with van der Waals surface area (Å²) < 4.78 is 3.11. The molecule has 1 unspecified atom stereocenters. The quantitative estimate of drug-likeness (QED) is 0.604. The van der Waals surface area contributed by atoms with Crippen molar-refractivity contribution in [3.05, 3.63) is 70.4 Å². The first kappa shape index (κ1) is 19.9. The van der Waals surface area contributed by atoms with Crippen LogP contribution in [0.25, 0.3) is 16.9 Å². The average Bonchev–Trinajstić information content (AvgIpc) is 3.20. The lowest BCUT2D eigenvalue weighted by Gasteiger charge is -2.28. The van der Waals surface area contributed by atoms with Gasteiger partial charge in [0.1, 0.15) is 5.69 Å². The Morgan fingerprint density at radius 2 is 2.17 bits per heavy atom. The highest BCUT2D eigenvalue weighted by atomic mass is 35.5. The van der Waals surface area contributed by atoms with Gasteiger partial charge < -0.3 is 4.90 Å². The number of allylic oxidation sites excluding steroid dienone is 1. The topological polar surface area (TPSA) is 83.4 Å². The Hall–Kier alpha value is -3.37. The lowest BCUT2D eigenvalue weighted by Crippen LogP contribution is -2.39. The maximum absolute atomic E-state index is 13.2. The summed E-state index contributed by atoms with van der Waals surface area (Å²) in [7, 11) is 0. The van der Waals surface area contributed by atoms with Crippen molar-refractivity contribution in [1.82, 2.24) is 18.9 Å². The molecule has 0 bridgehead atoms. The van der Waals surface area contributed by atoms with Crippen molar-refractivity contribution in [2.45, 2.75) is 19.4 Å². The molecular weight excluding hydrogens is 402 g/mol. The minimum atomic E-state index is -0.333. The molecule has 0 radical (unpaired) electrons. The fourth-order valence-corrected chi connectivity index (χ4v) is 4.04. The number of hydrogen-bond acceptors (Lipinski definition) is 4. The van der Waals surface area contributed by atoms with E-state index in [1.165, 1.54) is 4.57 Å². The minimum Gasteiger partial charge on any atom is -0.336 e. The van der Waals surface area contributed by atoms with Crippen LogP contribution in [0.1, 0.15) is 23.3 Å². The molecule has 3 aromatic rings. The van der Waals surface area contributed by atoms with Crippen LogP contribution < -0.4 is 5.56 Å². The Bertz CT molecular complexity index is 1240. The van der Waals surface area contributed by atoms with E-state index in [0.29, 0.717) is 29.4 Å². The SMILES string of the molecule is C=CCn1c(-c2ccccc2Cl)cn2cc(C(=O)N3CCCC(C#N)C3)nc2c1=O. The zero-order valence-corrected chi connectivity index (χ0v) is 17.0. The van der Waals surface area contributed by atoms with E-state index in [2.05, 4.69) is 17.6 Å². The molecule has 0 aliphatic carbocycles. The highest BCUT2D eigenvalue weighted by molar-refractivity contribution is 6.33. The molecular formula is C22H20ClN5O2. The molecule has 1 aliphatic heterocycles. The first-order valence-corrected chi connectivity index (χ1v) is 10.1. The molecule has 0 N–H and O–H groups in total. The van der Waals surface area contributed by atoms with Gasteiger partial charge in [-0.2, -0.15) is 5.26 Å². The number of benzene rings is 1. The highest BCUT2D eigenvalue weighted by Crippen LogP contribution is 2.27. The van der Waals surface area contributed by atoms with Gasteiger partial charge in [0, 0.05) is 42.6 Å². The zero-order valence-electron chi connectivity index (χ0n) is 16.3. The van der Waals surface area contributed by atoms with Gasteiger partial charge >= 0.3 is 0 Å². The summed E-state index contributed by atoms with van der Waals surface area (Å²) >= 11 is 6.37. The number of piperidine rings is 1. The number of nitrogens with zero attached hydrogens (tertiary/aromatic N) is 5. The molecule has 1 saturated heterocycles. The Morgan fingerprint density at radius 1 is 1.37 bits per heavy atom. The molecule has 8 heteroatoms. The van der Waals surface area contributed by atoms with E-state index in [1.54, 1.807) is 33.8 Å². The van der Waals surface area contributed by atoms with Gasteiger partial charge in [0.2, 0.25) is 5.65 Å². The van der Waals surface area contributed by atoms with Gasteiger partial charge in [0.05, 0.1) is 17.7 Å². The van der Waals surface area contributed by atoms with Crippen LogP contribution in [-0.4, -0.2) is 37.8 Å². The number of aromatic nitrogens is 3. The van der Waals surface area contributed by atoms with Crippen LogP contribution in [-0.2, 0) is 6.54 Å². The monoisotopic (exact) mass is 421 g/mol. The molecule has 0 saturated carbocycles. The smallest absolute Gasteiger partial charge is 0.295 e. The number of rotatable bonds is 4. The fourth-order valence-electron chi connectivity index (χ4n) is 3.81. The van der Waals surface area contributed by atoms with E-state index >= 15 is 0 Å². The van der Waals surface area contributed by atoms with Crippen molar-refractivity contribution in [2.75, 3.05) is 13.1 Å². The van der Waals surface area contributed by atoms with Crippen molar-refractivity contribution in [1.29, 1.82) is 5.26 Å². The predicted molar refractivity (Wildman–Crippen MR) is 114 cm³/mol. The number of halogens is 1. The molecule has 1 aliphatic rings. The van der Waals surface area contributed by atoms with Crippen molar-refractivity contribution in [3.63, 3.8) is 0 Å². The summed E-state index contributed by atoms with van der Waals surface area (Å²) in [5.41, 5.74) is 1.32. The molecule has 30 heavy (non-hydrogen) atoms. The van der Waals surface area contributed by atoms with Crippen LogP contribution in [0, 0.1) is 17.2 Å². The second kappa shape index (κ2) is 8.17. The fraction of sp³-hybridized carbons (Fsp3) is 0.273. The van der Waals surface area contributed by atoms with Crippen LogP contribution in [0.3, 0.4) is 0 Å². The summed E-state index contributed by atoms with van der Waals surface area (Å²) in [6, 6.07) is 9.49. The zero-order chi connectivity index (χ0) is 21.3. The number of hydrogen-bond donors (Lipinski definition) is 0. The van der Waals surface area contributed by atoms with E-state index in [-0.39, 0.29) is 35.3 Å². The number of amides is 1. The van der Waals surface area contributed by atoms with Gasteiger partial charge in [-0.25, -0.2) is 4.98 Å². The van der Waals surface area contributed by atoms with Crippen molar-refractivity contribution in [3.8, 4) is 17.3 Å². The largest absolute Gasteiger partial charge is 0.336 e. The van der Waals surface area contributed by atoms with E-state index in [4.69, 9.17) is 11.6 Å². The van der Waals surface area contributed by atoms with Crippen LogP contribution in [0.5, 0.6) is 0 Å². The second-order valence-corrected chi connectivity index (χ2v) is 7.68. The Balaban J connectivity index is 1.81.